The molecule has 1 fully saturated rings. The van der Waals surface area contributed by atoms with E-state index in [1.165, 1.54) is 7.11 Å². The maximum Gasteiger partial charge on any atom is 0.254 e. The zero-order chi connectivity index (χ0) is 17.3. The van der Waals surface area contributed by atoms with E-state index in [-0.39, 0.29) is 15.9 Å². The molecule has 1 aliphatic rings. The van der Waals surface area contributed by atoms with Crippen molar-refractivity contribution in [2.75, 3.05) is 18.6 Å². The van der Waals surface area contributed by atoms with Gasteiger partial charge in [-0.05, 0) is 24.3 Å². The van der Waals surface area contributed by atoms with Gasteiger partial charge in [0.1, 0.15) is 17.6 Å². The van der Waals surface area contributed by atoms with Crippen LogP contribution in [0.3, 0.4) is 0 Å². The Bertz CT molecular complexity index is 843. The molecule has 0 spiro atoms. The molecule has 130 valence electrons. The van der Waals surface area contributed by atoms with E-state index in [9.17, 15) is 13.2 Å². The molecule has 8 nitrogen and oxygen atoms in total. The number of hydrogen-bond acceptors (Lipinski definition) is 6. The van der Waals surface area contributed by atoms with E-state index in [2.05, 4.69) is 9.82 Å². The molecular weight excluding hydrogens is 352 g/mol. The van der Waals surface area contributed by atoms with E-state index in [1.807, 2.05) is 0 Å². The number of carbonyl (C=O) groups is 1. The molecule has 2 aromatic heterocycles. The van der Waals surface area contributed by atoms with E-state index in [0.29, 0.717) is 25.2 Å². The molecule has 1 amide bonds. The maximum atomic E-state index is 12.7. The molecule has 24 heavy (non-hydrogen) atoms. The van der Waals surface area contributed by atoms with Crippen molar-refractivity contribution in [3.63, 3.8) is 0 Å². The van der Waals surface area contributed by atoms with Crippen molar-refractivity contribution in [1.82, 2.24) is 14.5 Å². The third-order valence-electron chi connectivity index (χ3n) is 3.87. The molecule has 2 aromatic rings. The molecule has 0 aromatic carbocycles. The van der Waals surface area contributed by atoms with Crippen LogP contribution in [-0.2, 0) is 21.9 Å². The molecule has 0 radical (unpaired) electrons. The van der Waals surface area contributed by atoms with Crippen molar-refractivity contribution in [2.24, 2.45) is 7.05 Å². The van der Waals surface area contributed by atoms with Crippen molar-refractivity contribution < 1.29 is 17.9 Å². The maximum absolute atomic E-state index is 12.7. The highest BCUT2D eigenvalue weighted by atomic mass is 32.2. The van der Waals surface area contributed by atoms with E-state index in [4.69, 9.17) is 4.74 Å². The highest BCUT2D eigenvalue weighted by Gasteiger charge is 2.35. The first kappa shape index (κ1) is 16.9. The third-order valence-corrected chi connectivity index (χ3v) is 6.79. The molecule has 0 unspecified atom stereocenters. The molecule has 1 N–H and O–H groups in total. The van der Waals surface area contributed by atoms with Crippen LogP contribution in [0.4, 0.5) is 5.82 Å². The van der Waals surface area contributed by atoms with Crippen LogP contribution >= 0.6 is 11.3 Å². The summed E-state index contributed by atoms with van der Waals surface area (Å²) in [6.45, 7) is 0.541. The molecule has 10 heteroatoms. The second-order valence-electron chi connectivity index (χ2n) is 5.40. The van der Waals surface area contributed by atoms with Crippen LogP contribution in [0, 0.1) is 0 Å². The molecule has 3 heterocycles. The number of hydrogen-bond donors (Lipinski definition) is 1. The number of carbonyl (C=O) groups excluding carboxylic acids is 1. The molecule has 0 aliphatic carbocycles. The van der Waals surface area contributed by atoms with Gasteiger partial charge in [0.05, 0.1) is 13.3 Å². The summed E-state index contributed by atoms with van der Waals surface area (Å²) in [6.07, 6.45) is 2.76. The number of sulfonamides is 1. The summed E-state index contributed by atoms with van der Waals surface area (Å²) in [7, 11) is -0.664. The standard InChI is InChI=1S/C14H18N4O4S2/c1-17-12(5-7-15-17)18-8-3-4-10(13(18)19)16-24(20,21)14-11(22-2)6-9-23-14/h5-7,9-10,16H,3-4,8H2,1-2H3/t10-/m0/s1. The van der Waals surface area contributed by atoms with Crippen molar-refractivity contribution >= 4 is 33.1 Å². The monoisotopic (exact) mass is 370 g/mol. The number of anilines is 1. The Hall–Kier alpha value is -1.91. The number of aryl methyl sites for hydroxylation is 1. The van der Waals surface area contributed by atoms with Crippen LogP contribution in [0.1, 0.15) is 12.8 Å². The van der Waals surface area contributed by atoms with E-state index in [1.54, 1.807) is 40.3 Å². The van der Waals surface area contributed by atoms with Crippen LogP contribution in [-0.4, -0.2) is 43.8 Å². The predicted octanol–water partition coefficient (Wildman–Crippen LogP) is 0.964. The predicted molar refractivity (Wildman–Crippen MR) is 89.8 cm³/mol. The van der Waals surface area contributed by atoms with Gasteiger partial charge in [-0.25, -0.2) is 8.42 Å². The number of nitrogens with zero attached hydrogens (tertiary/aromatic N) is 3. The van der Waals surface area contributed by atoms with Gasteiger partial charge in [0.2, 0.25) is 5.91 Å². The van der Waals surface area contributed by atoms with Crippen LogP contribution in [0.25, 0.3) is 0 Å². The number of aromatic nitrogens is 2. The zero-order valence-electron chi connectivity index (χ0n) is 13.3. The largest absolute Gasteiger partial charge is 0.494 e. The average molecular weight is 370 g/mol. The number of thiophene rings is 1. The summed E-state index contributed by atoms with van der Waals surface area (Å²) in [5.74, 6) is 0.654. The normalized spacial score (nSPS) is 18.8. The van der Waals surface area contributed by atoms with Gasteiger partial charge in [-0.1, -0.05) is 0 Å². The molecule has 0 bridgehead atoms. The number of rotatable bonds is 5. The van der Waals surface area contributed by atoms with Crippen LogP contribution < -0.4 is 14.4 Å². The van der Waals surface area contributed by atoms with Gasteiger partial charge in [-0.3, -0.25) is 14.4 Å². The Morgan fingerprint density at radius 1 is 1.42 bits per heavy atom. The fourth-order valence-electron chi connectivity index (χ4n) is 2.72. The Kier molecular flexibility index (Phi) is 4.61. The molecule has 1 aliphatic heterocycles. The number of amides is 1. The minimum Gasteiger partial charge on any atom is -0.494 e. The van der Waals surface area contributed by atoms with Crippen LogP contribution in [0.2, 0.25) is 0 Å². The summed E-state index contributed by atoms with van der Waals surface area (Å²) in [5.41, 5.74) is 0. The molecule has 1 atom stereocenters. The summed E-state index contributed by atoms with van der Waals surface area (Å²) in [6, 6.07) is 2.52. The Morgan fingerprint density at radius 2 is 2.21 bits per heavy atom. The highest BCUT2D eigenvalue weighted by molar-refractivity contribution is 7.91. The van der Waals surface area contributed by atoms with Crippen molar-refractivity contribution in [2.45, 2.75) is 23.1 Å². The van der Waals surface area contributed by atoms with Crippen LogP contribution in [0.5, 0.6) is 5.75 Å². The van der Waals surface area contributed by atoms with Gasteiger partial charge in [0, 0.05) is 19.7 Å². The van der Waals surface area contributed by atoms with E-state index in [0.717, 1.165) is 11.3 Å². The molecule has 3 rings (SSSR count). The van der Waals surface area contributed by atoms with Crippen molar-refractivity contribution in [3.8, 4) is 5.75 Å². The molecule has 1 saturated heterocycles. The van der Waals surface area contributed by atoms with Gasteiger partial charge < -0.3 is 4.74 Å². The van der Waals surface area contributed by atoms with Gasteiger partial charge in [-0.2, -0.15) is 9.82 Å². The third kappa shape index (κ3) is 3.04. The second-order valence-corrected chi connectivity index (χ2v) is 8.22. The Balaban J connectivity index is 1.82. The molecular formula is C14H18N4O4S2. The summed E-state index contributed by atoms with van der Waals surface area (Å²) in [4.78, 5) is 14.3. The first-order valence-corrected chi connectivity index (χ1v) is 9.73. The SMILES string of the molecule is COc1ccsc1S(=O)(=O)N[C@H]1CCCN(c2ccnn2C)C1=O. The lowest BCUT2D eigenvalue weighted by Gasteiger charge is -2.32. The number of ether oxygens (including phenoxy) is 1. The minimum absolute atomic E-state index is 0.0791. The Labute approximate surface area is 144 Å². The van der Waals surface area contributed by atoms with Gasteiger partial charge in [0.25, 0.3) is 10.0 Å². The summed E-state index contributed by atoms with van der Waals surface area (Å²) < 4.78 is 34.4. The first-order chi connectivity index (χ1) is 11.4. The molecule has 0 saturated carbocycles. The van der Waals surface area contributed by atoms with Crippen LogP contribution in [0.15, 0.2) is 27.9 Å². The fourth-order valence-corrected chi connectivity index (χ4v) is 5.23. The lowest BCUT2D eigenvalue weighted by atomic mass is 10.1. The second kappa shape index (κ2) is 6.54. The number of methoxy groups -OCH3 is 1. The van der Waals surface area contributed by atoms with E-state index >= 15 is 0 Å². The van der Waals surface area contributed by atoms with Crippen molar-refractivity contribution in [3.05, 3.63) is 23.7 Å². The number of nitrogens with one attached hydrogen (secondary N) is 1. The topological polar surface area (TPSA) is 93.5 Å². The van der Waals surface area contributed by atoms with E-state index < -0.39 is 16.1 Å². The number of piperidine rings is 1. The summed E-state index contributed by atoms with van der Waals surface area (Å²) in [5, 5.41) is 5.70. The zero-order valence-corrected chi connectivity index (χ0v) is 14.9. The van der Waals surface area contributed by atoms with Crippen molar-refractivity contribution in [1.29, 1.82) is 0 Å². The fraction of sp³-hybridized carbons (Fsp3) is 0.429. The average Bonchev–Trinajstić information content (AvgIpc) is 3.18. The van der Waals surface area contributed by atoms with Gasteiger partial charge in [0.15, 0.2) is 4.21 Å². The van der Waals surface area contributed by atoms with Gasteiger partial charge >= 0.3 is 0 Å². The quantitative estimate of drug-likeness (QED) is 0.846. The first-order valence-electron chi connectivity index (χ1n) is 7.37. The smallest absolute Gasteiger partial charge is 0.254 e. The Morgan fingerprint density at radius 3 is 2.88 bits per heavy atom. The summed E-state index contributed by atoms with van der Waals surface area (Å²) >= 11 is 1.06. The minimum atomic E-state index is -3.82. The lowest BCUT2D eigenvalue weighted by molar-refractivity contribution is -0.121. The van der Waals surface area contributed by atoms with Gasteiger partial charge in [-0.15, -0.1) is 11.3 Å². The lowest BCUT2D eigenvalue weighted by Crippen LogP contribution is -2.52. The highest BCUT2D eigenvalue weighted by Crippen LogP contribution is 2.30.